The standard InChI is InChI=1S/C50H78N4O26/c1-27(46(65)66)76-33-21-31(32(48(68)70-4)22-34(33)77-49-39(54-28(2)57)44(41(61)36(24-56)78-49)80-50-43(63)42(62)40(60)35(23-55)79-50)45(64)53-11-7-14-72-17-19-73-18-16-71-13-6-10-51-37(58)25-74-26-38(59)52-12-15-75-30-9-5-8-29(20-30)47(67)69-3/h5,8-9,20,27,31-36,39-44,49-50,55-56,60-63H,6-7,10-19,21-26H2,1-4H3,(H,51,58)(H,52,59)(H,53,64)(H,54,57)(H,65,66)/t27-,31+,32+,33-,34+,35-,36-,39-,40+,41+,42+,43-,44-,49-,50+/m1/s1. The molecule has 4 amide bonds. The molecule has 11 N–H and O–H groups in total. The van der Waals surface area contributed by atoms with Gasteiger partial charge < -0.3 is 114 Å². The van der Waals surface area contributed by atoms with E-state index in [9.17, 15) is 69.3 Å². The van der Waals surface area contributed by atoms with Crippen LogP contribution >= 0.6 is 0 Å². The van der Waals surface area contributed by atoms with Crippen LogP contribution < -0.4 is 26.0 Å². The largest absolute Gasteiger partial charge is 0.492 e. The lowest BCUT2D eigenvalue weighted by atomic mass is 9.75. The molecule has 0 aromatic heterocycles. The Balaban J connectivity index is 1.14. The number of carbonyl (C=O) groups excluding carboxylic acids is 6. The third kappa shape index (κ3) is 21.6. The van der Waals surface area contributed by atoms with Gasteiger partial charge in [0.25, 0.3) is 0 Å². The first-order valence-corrected chi connectivity index (χ1v) is 26.1. The summed E-state index contributed by atoms with van der Waals surface area (Å²) in [4.78, 5) is 87.4. The van der Waals surface area contributed by atoms with Crippen LogP contribution in [0, 0.1) is 11.8 Å². The second-order valence-electron chi connectivity index (χ2n) is 18.7. The molecule has 2 heterocycles. The lowest BCUT2D eigenvalue weighted by molar-refractivity contribution is -0.350. The van der Waals surface area contributed by atoms with Crippen molar-refractivity contribution in [3.8, 4) is 5.75 Å². The fourth-order valence-electron chi connectivity index (χ4n) is 8.67. The predicted molar refractivity (Wildman–Crippen MR) is 268 cm³/mol. The van der Waals surface area contributed by atoms with E-state index in [1.54, 1.807) is 18.2 Å². The number of aliphatic carboxylic acids is 1. The van der Waals surface area contributed by atoms with Gasteiger partial charge in [0.05, 0.1) is 90.0 Å². The van der Waals surface area contributed by atoms with Crippen molar-refractivity contribution in [2.24, 2.45) is 11.8 Å². The number of carboxylic acid groups (broad SMARTS) is 1. The molecular weight excluding hydrogens is 1070 g/mol. The summed E-state index contributed by atoms with van der Waals surface area (Å²) in [7, 11) is 2.39. The molecule has 1 aromatic rings. The smallest absolute Gasteiger partial charge is 0.337 e. The molecule has 0 unspecified atom stereocenters. The molecule has 80 heavy (non-hydrogen) atoms. The van der Waals surface area contributed by atoms with Gasteiger partial charge in [-0.1, -0.05) is 6.07 Å². The average Bonchev–Trinajstić information content (AvgIpc) is 3.44. The van der Waals surface area contributed by atoms with E-state index >= 15 is 0 Å². The molecule has 0 radical (unpaired) electrons. The minimum Gasteiger partial charge on any atom is -0.492 e. The van der Waals surface area contributed by atoms with E-state index in [0.717, 1.165) is 14.0 Å². The second-order valence-corrected chi connectivity index (χ2v) is 18.7. The van der Waals surface area contributed by atoms with Crippen LogP contribution in [0.2, 0.25) is 0 Å². The quantitative estimate of drug-likeness (QED) is 0.0225. The summed E-state index contributed by atoms with van der Waals surface area (Å²) < 4.78 is 66.5. The summed E-state index contributed by atoms with van der Waals surface area (Å²) >= 11 is 0. The maximum atomic E-state index is 13.7. The molecule has 1 aromatic carbocycles. The normalized spacial score (nSPS) is 27.9. The van der Waals surface area contributed by atoms with Gasteiger partial charge in [-0.3, -0.25) is 24.0 Å². The molecule has 1 aliphatic carbocycles. The number of carboxylic acids is 1. The third-order valence-corrected chi connectivity index (χ3v) is 12.8. The maximum absolute atomic E-state index is 13.7. The van der Waals surface area contributed by atoms with Crippen LogP contribution in [0.25, 0.3) is 0 Å². The monoisotopic (exact) mass is 1150 g/mol. The topological polar surface area (TPSA) is 420 Å². The minimum atomic E-state index is -1.94. The maximum Gasteiger partial charge on any atom is 0.337 e. The van der Waals surface area contributed by atoms with Crippen molar-refractivity contribution in [1.29, 1.82) is 0 Å². The van der Waals surface area contributed by atoms with Crippen molar-refractivity contribution in [1.82, 2.24) is 21.3 Å². The number of methoxy groups -OCH3 is 2. The molecule has 2 saturated heterocycles. The van der Waals surface area contributed by atoms with E-state index in [4.69, 9.17) is 52.1 Å². The Labute approximate surface area is 461 Å². The predicted octanol–water partition coefficient (Wildman–Crippen LogP) is -4.74. The van der Waals surface area contributed by atoms with Crippen LogP contribution in [-0.4, -0.2) is 263 Å². The van der Waals surface area contributed by atoms with Crippen LogP contribution in [-0.2, 0) is 80.9 Å². The highest BCUT2D eigenvalue weighted by Gasteiger charge is 2.54. The highest BCUT2D eigenvalue weighted by molar-refractivity contribution is 5.89. The van der Waals surface area contributed by atoms with Crippen LogP contribution in [0.4, 0.5) is 0 Å². The molecule has 0 bridgehead atoms. The molecule has 2 aliphatic heterocycles. The Morgan fingerprint density at radius 3 is 1.85 bits per heavy atom. The molecule has 30 heteroatoms. The van der Waals surface area contributed by atoms with Crippen LogP contribution in [0.5, 0.6) is 5.75 Å². The Morgan fingerprint density at radius 1 is 0.662 bits per heavy atom. The molecule has 0 spiro atoms. The van der Waals surface area contributed by atoms with Gasteiger partial charge in [0.2, 0.25) is 23.6 Å². The van der Waals surface area contributed by atoms with E-state index in [1.807, 2.05) is 0 Å². The second kappa shape index (κ2) is 35.5. The highest BCUT2D eigenvalue weighted by Crippen LogP contribution is 2.38. The van der Waals surface area contributed by atoms with Crippen molar-refractivity contribution in [2.75, 3.05) is 107 Å². The number of hydrogen-bond donors (Lipinski definition) is 11. The van der Waals surface area contributed by atoms with Crippen molar-refractivity contribution < 1.29 is 126 Å². The van der Waals surface area contributed by atoms with Crippen molar-refractivity contribution in [2.45, 2.75) is 119 Å². The Kier molecular flexibility index (Phi) is 29.9. The number of amides is 4. The first-order valence-electron chi connectivity index (χ1n) is 26.1. The Hall–Kier alpha value is -5.29. The molecule has 15 atom stereocenters. The number of aliphatic hydroxyl groups excluding tert-OH is 6. The zero-order chi connectivity index (χ0) is 58.7. The molecule has 4 rings (SSSR count). The number of carbonyl (C=O) groups is 7. The van der Waals surface area contributed by atoms with Gasteiger partial charge in [0.15, 0.2) is 18.7 Å². The fraction of sp³-hybridized carbons (Fsp3) is 0.740. The number of hydrogen-bond acceptors (Lipinski definition) is 25. The summed E-state index contributed by atoms with van der Waals surface area (Å²) in [6, 6.07) is 4.90. The number of aliphatic hydroxyl groups is 6. The molecule has 454 valence electrons. The van der Waals surface area contributed by atoms with Gasteiger partial charge in [-0.2, -0.15) is 0 Å². The highest BCUT2D eigenvalue weighted by atomic mass is 16.7. The molecular formula is C50H78N4O26. The fourth-order valence-corrected chi connectivity index (χ4v) is 8.67. The molecule has 30 nitrogen and oxygen atoms in total. The Bertz CT molecular complexity index is 2090. The van der Waals surface area contributed by atoms with Gasteiger partial charge in [0, 0.05) is 33.2 Å². The molecule has 1 saturated carbocycles. The molecule has 3 fully saturated rings. The van der Waals surface area contributed by atoms with E-state index in [2.05, 4.69) is 26.0 Å². The summed E-state index contributed by atoms with van der Waals surface area (Å²) in [6.45, 7) is 2.39. The third-order valence-electron chi connectivity index (χ3n) is 12.8. The zero-order valence-electron chi connectivity index (χ0n) is 45.1. The van der Waals surface area contributed by atoms with Gasteiger partial charge in [-0.15, -0.1) is 0 Å². The number of ether oxygens (including phenoxy) is 12. The van der Waals surface area contributed by atoms with E-state index in [-0.39, 0.29) is 78.8 Å². The first-order chi connectivity index (χ1) is 38.3. The van der Waals surface area contributed by atoms with Crippen molar-refractivity contribution in [3.05, 3.63) is 29.8 Å². The summed E-state index contributed by atoms with van der Waals surface area (Å²) in [6.07, 6.45) is -19.2. The van der Waals surface area contributed by atoms with E-state index < -0.39 is 146 Å². The van der Waals surface area contributed by atoms with E-state index in [1.165, 1.54) is 20.1 Å². The zero-order valence-corrected chi connectivity index (χ0v) is 45.1. The number of benzene rings is 1. The van der Waals surface area contributed by atoms with Crippen LogP contribution in [0.1, 0.15) is 49.9 Å². The SMILES string of the molecule is COC(=O)c1cccc(OCCNC(=O)COCC(=O)NCCCOCCOCCOCCCNC(=O)[C@H]2C[C@@H](O[C@H](C)C(=O)O)[C@@H](O[C@@H]3O[C@H](CO)[C@H](O)[C@H](O[C@@H]4O[C@H](CO)[C@H](O)[C@H](O)[C@H]4O)[C@H]3NC(C)=O)C[C@@H]2C(=O)OC)c1. The van der Waals surface area contributed by atoms with Gasteiger partial charge in [-0.25, -0.2) is 9.59 Å². The van der Waals surface area contributed by atoms with Crippen LogP contribution in [0.15, 0.2) is 24.3 Å². The van der Waals surface area contributed by atoms with Gasteiger partial charge in [0.1, 0.15) is 74.3 Å². The van der Waals surface area contributed by atoms with Gasteiger partial charge >= 0.3 is 17.9 Å². The minimum absolute atomic E-state index is 0.116. The Morgan fingerprint density at radius 2 is 1.25 bits per heavy atom. The number of esters is 2. The van der Waals surface area contributed by atoms with Crippen molar-refractivity contribution >= 4 is 41.5 Å². The van der Waals surface area contributed by atoms with E-state index in [0.29, 0.717) is 37.3 Å². The molecule has 3 aliphatic rings. The average molecular weight is 1150 g/mol. The summed E-state index contributed by atoms with van der Waals surface area (Å²) in [5.41, 5.74) is 0.331. The lowest BCUT2D eigenvalue weighted by Gasteiger charge is -2.49. The first kappa shape index (κ1) is 67.2. The summed E-state index contributed by atoms with van der Waals surface area (Å²) in [5.74, 6) is -6.71. The number of nitrogens with one attached hydrogen (secondary N) is 4. The van der Waals surface area contributed by atoms with Crippen molar-refractivity contribution in [3.63, 3.8) is 0 Å². The van der Waals surface area contributed by atoms with Gasteiger partial charge in [-0.05, 0) is 50.8 Å². The summed E-state index contributed by atoms with van der Waals surface area (Å²) in [5, 5.41) is 83.0. The number of rotatable bonds is 35. The lowest BCUT2D eigenvalue weighted by Crippen LogP contribution is -2.68. The van der Waals surface area contributed by atoms with Crippen LogP contribution in [0.3, 0.4) is 0 Å².